The number of ether oxygens (including phenoxy) is 1. The van der Waals surface area contributed by atoms with Crippen LogP contribution in [0.2, 0.25) is 5.02 Å². The van der Waals surface area contributed by atoms with Gasteiger partial charge < -0.3 is 9.64 Å². The van der Waals surface area contributed by atoms with Gasteiger partial charge >= 0.3 is 12.3 Å². The number of rotatable bonds is 8. The molecule has 4 rings (SSSR count). The van der Waals surface area contributed by atoms with Gasteiger partial charge in [0.25, 0.3) is 5.91 Å². The molecule has 0 fully saturated rings. The van der Waals surface area contributed by atoms with Crippen molar-refractivity contribution in [2.75, 3.05) is 19.8 Å². The van der Waals surface area contributed by atoms with Gasteiger partial charge in [0.15, 0.2) is 0 Å². The first kappa shape index (κ1) is 24.7. The third kappa shape index (κ3) is 5.47. The van der Waals surface area contributed by atoms with Gasteiger partial charge in [-0.15, -0.1) is 0 Å². The number of benzene rings is 2. The topological polar surface area (TPSA) is 71.2 Å². The number of carbonyl (C=O) groups excluding carboxylic acids is 1. The van der Waals surface area contributed by atoms with Crippen molar-refractivity contribution < 1.29 is 27.1 Å². The van der Waals surface area contributed by atoms with E-state index in [1.54, 1.807) is 54.6 Å². The van der Waals surface area contributed by atoms with Crippen LogP contribution in [0, 0.1) is 11.3 Å². The lowest BCUT2D eigenvalue weighted by Crippen LogP contribution is -2.44. The third-order valence-electron chi connectivity index (χ3n) is 5.54. The summed E-state index contributed by atoms with van der Waals surface area (Å²) in [6.07, 6.45) is -3.85. The van der Waals surface area contributed by atoms with Crippen molar-refractivity contribution in [3.63, 3.8) is 0 Å². The summed E-state index contributed by atoms with van der Waals surface area (Å²) in [6.45, 7) is -1.55. The van der Waals surface area contributed by atoms with E-state index in [1.165, 1.54) is 9.58 Å². The summed E-state index contributed by atoms with van der Waals surface area (Å²) in [7, 11) is 0. The maximum Gasteiger partial charge on any atom is 0.330 e. The Labute approximate surface area is 203 Å². The second-order valence-electron chi connectivity index (χ2n) is 8.09. The maximum absolute atomic E-state index is 13.3. The predicted octanol–water partition coefficient (Wildman–Crippen LogP) is 5.19. The van der Waals surface area contributed by atoms with Gasteiger partial charge in [0, 0.05) is 23.7 Å². The Balaban J connectivity index is 1.61. The molecule has 0 saturated heterocycles. The SMILES string of the molecule is N#Cc1ccc(CN2CC(COCC(F)(F)C(F)F)n3nc(-c4ccc(Cl)cc4)cc3C2=O)cc1. The molecule has 2 heterocycles. The van der Waals surface area contributed by atoms with Gasteiger partial charge in [-0.2, -0.15) is 19.1 Å². The van der Waals surface area contributed by atoms with Crippen molar-refractivity contribution >= 4 is 17.5 Å². The number of nitrogens with zero attached hydrogens (tertiary/aromatic N) is 4. The smallest absolute Gasteiger partial charge is 0.330 e. The number of hydrogen-bond acceptors (Lipinski definition) is 4. The lowest BCUT2D eigenvalue weighted by atomic mass is 10.1. The molecule has 1 unspecified atom stereocenters. The van der Waals surface area contributed by atoms with Gasteiger partial charge in [0.05, 0.1) is 30.0 Å². The van der Waals surface area contributed by atoms with Crippen LogP contribution in [-0.4, -0.2) is 52.7 Å². The molecular formula is C24H19ClF4N4O2. The number of aromatic nitrogens is 2. The standard InChI is InChI=1S/C24H19ClF4N4O2/c25-18-7-5-17(6-8-18)20-9-21-22(34)32(11-16-3-1-15(10-30)2-4-16)12-19(33(21)31-20)13-35-14-24(28,29)23(26)27/h1-9,19,23H,11-14H2. The van der Waals surface area contributed by atoms with E-state index in [0.29, 0.717) is 21.8 Å². The summed E-state index contributed by atoms with van der Waals surface area (Å²) in [6, 6.07) is 16.4. The molecule has 1 amide bonds. The number of hydrogen-bond donors (Lipinski definition) is 0. The Kier molecular flexibility index (Phi) is 7.10. The molecule has 0 aliphatic carbocycles. The molecular weight excluding hydrogens is 488 g/mol. The Bertz CT molecular complexity index is 1240. The molecule has 0 saturated carbocycles. The zero-order valence-corrected chi connectivity index (χ0v) is 18.9. The van der Waals surface area contributed by atoms with Crippen LogP contribution in [0.4, 0.5) is 17.6 Å². The zero-order chi connectivity index (χ0) is 25.2. The fraction of sp³-hybridized carbons (Fsp3) is 0.292. The summed E-state index contributed by atoms with van der Waals surface area (Å²) in [5.74, 6) is -4.62. The Hall–Kier alpha value is -3.42. The van der Waals surface area contributed by atoms with Crippen molar-refractivity contribution in [3.8, 4) is 17.3 Å². The van der Waals surface area contributed by atoms with Gasteiger partial charge in [-0.1, -0.05) is 35.9 Å². The predicted molar refractivity (Wildman–Crippen MR) is 119 cm³/mol. The molecule has 0 N–H and O–H groups in total. The number of alkyl halides is 4. The lowest BCUT2D eigenvalue weighted by molar-refractivity contribution is -0.168. The van der Waals surface area contributed by atoms with Gasteiger partial charge in [0.2, 0.25) is 0 Å². The number of amides is 1. The molecule has 1 atom stereocenters. The molecule has 1 aromatic heterocycles. The van der Waals surface area contributed by atoms with Gasteiger partial charge in [-0.3, -0.25) is 9.48 Å². The highest BCUT2D eigenvalue weighted by Crippen LogP contribution is 2.29. The summed E-state index contributed by atoms with van der Waals surface area (Å²) in [5, 5.41) is 14.0. The van der Waals surface area contributed by atoms with E-state index < -0.39 is 25.0 Å². The highest BCUT2D eigenvalue weighted by atomic mass is 35.5. The minimum atomic E-state index is -4.28. The first-order valence-corrected chi connectivity index (χ1v) is 10.9. The first-order valence-electron chi connectivity index (χ1n) is 10.6. The minimum Gasteiger partial charge on any atom is -0.373 e. The van der Waals surface area contributed by atoms with Gasteiger partial charge in [-0.05, 0) is 35.9 Å². The highest BCUT2D eigenvalue weighted by Gasteiger charge is 2.41. The Morgan fingerprint density at radius 3 is 2.49 bits per heavy atom. The van der Waals surface area contributed by atoms with Crippen molar-refractivity contribution in [1.82, 2.24) is 14.7 Å². The van der Waals surface area contributed by atoms with Crippen LogP contribution < -0.4 is 0 Å². The van der Waals surface area contributed by atoms with Crippen molar-refractivity contribution in [2.45, 2.75) is 24.9 Å². The van der Waals surface area contributed by atoms with Gasteiger partial charge in [0.1, 0.15) is 12.3 Å². The molecule has 2 aromatic carbocycles. The molecule has 1 aliphatic heterocycles. The number of nitriles is 1. The quantitative estimate of drug-likeness (QED) is 0.394. The number of carbonyl (C=O) groups is 1. The van der Waals surface area contributed by atoms with Crippen molar-refractivity contribution in [3.05, 3.63) is 76.4 Å². The summed E-state index contributed by atoms with van der Waals surface area (Å²) < 4.78 is 58.1. The molecule has 11 heteroatoms. The second-order valence-corrected chi connectivity index (χ2v) is 8.53. The normalized spacial score (nSPS) is 15.9. The monoisotopic (exact) mass is 506 g/mol. The lowest BCUT2D eigenvalue weighted by Gasteiger charge is -2.33. The average molecular weight is 507 g/mol. The fourth-order valence-electron chi connectivity index (χ4n) is 3.73. The Morgan fingerprint density at radius 2 is 1.86 bits per heavy atom. The van der Waals surface area contributed by atoms with E-state index in [9.17, 15) is 22.4 Å². The molecule has 3 aromatic rings. The van der Waals surface area contributed by atoms with E-state index in [1.807, 2.05) is 6.07 Å². The molecule has 35 heavy (non-hydrogen) atoms. The van der Waals surface area contributed by atoms with Crippen LogP contribution in [0.25, 0.3) is 11.3 Å². The Morgan fingerprint density at radius 1 is 1.17 bits per heavy atom. The largest absolute Gasteiger partial charge is 0.373 e. The van der Waals surface area contributed by atoms with Crippen LogP contribution in [-0.2, 0) is 11.3 Å². The van der Waals surface area contributed by atoms with Crippen LogP contribution >= 0.6 is 11.6 Å². The van der Waals surface area contributed by atoms with Crippen molar-refractivity contribution in [2.24, 2.45) is 0 Å². The molecule has 0 bridgehead atoms. The van der Waals surface area contributed by atoms with E-state index in [0.717, 1.165) is 5.56 Å². The van der Waals surface area contributed by atoms with Crippen LogP contribution in [0.5, 0.6) is 0 Å². The van der Waals surface area contributed by atoms with E-state index in [4.69, 9.17) is 21.6 Å². The van der Waals surface area contributed by atoms with Crippen LogP contribution in [0.15, 0.2) is 54.6 Å². The average Bonchev–Trinajstić information content (AvgIpc) is 3.29. The highest BCUT2D eigenvalue weighted by molar-refractivity contribution is 6.30. The third-order valence-corrected chi connectivity index (χ3v) is 5.79. The molecule has 6 nitrogen and oxygen atoms in total. The van der Waals surface area contributed by atoms with E-state index in [-0.39, 0.29) is 31.3 Å². The van der Waals surface area contributed by atoms with Gasteiger partial charge in [-0.25, -0.2) is 8.78 Å². The first-order chi connectivity index (χ1) is 16.7. The molecule has 182 valence electrons. The summed E-state index contributed by atoms with van der Waals surface area (Å²) >= 11 is 5.94. The summed E-state index contributed by atoms with van der Waals surface area (Å²) in [4.78, 5) is 14.7. The molecule has 0 spiro atoms. The van der Waals surface area contributed by atoms with E-state index in [2.05, 4.69) is 5.10 Å². The fourth-order valence-corrected chi connectivity index (χ4v) is 3.86. The number of halogens is 5. The minimum absolute atomic E-state index is 0.0633. The molecule has 0 radical (unpaired) electrons. The van der Waals surface area contributed by atoms with E-state index >= 15 is 0 Å². The van der Waals surface area contributed by atoms with Crippen LogP contribution in [0.1, 0.15) is 27.7 Å². The summed E-state index contributed by atoms with van der Waals surface area (Å²) in [5.41, 5.74) is 2.59. The second kappa shape index (κ2) is 10.1. The number of fused-ring (bicyclic) bond motifs is 1. The van der Waals surface area contributed by atoms with Crippen LogP contribution in [0.3, 0.4) is 0 Å². The molecule has 1 aliphatic rings. The maximum atomic E-state index is 13.3. The zero-order valence-electron chi connectivity index (χ0n) is 18.2. The van der Waals surface area contributed by atoms with Crippen molar-refractivity contribution in [1.29, 1.82) is 5.26 Å².